The molecule has 112 valence electrons. The molecule has 0 amide bonds. The van der Waals surface area contributed by atoms with Crippen molar-refractivity contribution in [3.05, 3.63) is 28.0 Å². The molecule has 2 unspecified atom stereocenters. The summed E-state index contributed by atoms with van der Waals surface area (Å²) in [5.74, 6) is -1.13. The summed E-state index contributed by atoms with van der Waals surface area (Å²) in [5.41, 5.74) is 5.87. The number of hydrogen-bond acceptors (Lipinski definition) is 5. The molecule has 1 aliphatic heterocycles. The molecule has 1 aliphatic carbocycles. The van der Waals surface area contributed by atoms with E-state index in [2.05, 4.69) is 21.1 Å². The van der Waals surface area contributed by atoms with Gasteiger partial charge in [-0.3, -0.25) is 0 Å². The lowest BCUT2D eigenvalue weighted by Gasteiger charge is -2.23. The standard InChI is InChI=1S/C14H14BrFN2O3/c1-20-13(19)14-4-2-3-8(14)12(18-21-14)7-5-11(17)10(16)6-9(7)15/h5-6,8H,2-4,17H2,1H3. The van der Waals surface area contributed by atoms with Crippen LogP contribution in [0.4, 0.5) is 10.1 Å². The van der Waals surface area contributed by atoms with Crippen molar-refractivity contribution < 1.29 is 18.8 Å². The predicted molar refractivity (Wildman–Crippen MR) is 78.2 cm³/mol. The van der Waals surface area contributed by atoms with Gasteiger partial charge in [0.2, 0.25) is 5.60 Å². The molecule has 1 aromatic carbocycles. The first-order chi connectivity index (χ1) is 9.99. The molecule has 0 spiro atoms. The lowest BCUT2D eigenvalue weighted by atomic mass is 9.85. The minimum atomic E-state index is -1.05. The summed E-state index contributed by atoms with van der Waals surface area (Å²) in [5, 5.41) is 4.07. The number of ether oxygens (including phenoxy) is 1. The highest BCUT2D eigenvalue weighted by Crippen LogP contribution is 2.47. The Morgan fingerprint density at radius 3 is 3.10 bits per heavy atom. The fraction of sp³-hybridized carbons (Fsp3) is 0.429. The Bertz CT molecular complexity index is 649. The van der Waals surface area contributed by atoms with Crippen LogP contribution in [0.3, 0.4) is 0 Å². The van der Waals surface area contributed by atoms with Crippen molar-refractivity contribution in [2.75, 3.05) is 12.8 Å². The molecule has 2 aliphatic rings. The van der Waals surface area contributed by atoms with Gasteiger partial charge < -0.3 is 15.3 Å². The van der Waals surface area contributed by atoms with Gasteiger partial charge in [-0.1, -0.05) is 5.16 Å². The Morgan fingerprint density at radius 1 is 1.62 bits per heavy atom. The smallest absolute Gasteiger partial charge is 0.353 e. The number of carbonyl (C=O) groups is 1. The zero-order chi connectivity index (χ0) is 15.2. The number of anilines is 1. The molecule has 5 nitrogen and oxygen atoms in total. The Balaban J connectivity index is 2.02. The largest absolute Gasteiger partial charge is 0.466 e. The van der Waals surface area contributed by atoms with Gasteiger partial charge in [-0.05, 0) is 40.9 Å². The number of rotatable bonds is 2. The molecular formula is C14H14BrFN2O3. The number of carbonyl (C=O) groups excluding carboxylic acids is 1. The van der Waals surface area contributed by atoms with Crippen molar-refractivity contribution in [1.82, 2.24) is 0 Å². The maximum Gasteiger partial charge on any atom is 0.353 e. The number of nitrogen functional groups attached to an aromatic ring is 1. The number of fused-ring (bicyclic) bond motifs is 1. The number of nitrogens with two attached hydrogens (primary N) is 1. The van der Waals surface area contributed by atoms with Gasteiger partial charge >= 0.3 is 5.97 Å². The number of nitrogens with zero attached hydrogens (tertiary/aromatic N) is 1. The molecule has 1 aromatic rings. The topological polar surface area (TPSA) is 73.9 Å². The van der Waals surface area contributed by atoms with E-state index in [9.17, 15) is 9.18 Å². The molecule has 2 N–H and O–H groups in total. The van der Waals surface area contributed by atoms with Gasteiger partial charge in [0.05, 0.1) is 24.4 Å². The normalized spacial score (nSPS) is 27.0. The number of methoxy groups -OCH3 is 1. The number of oxime groups is 1. The van der Waals surface area contributed by atoms with E-state index >= 15 is 0 Å². The fourth-order valence-electron chi connectivity index (χ4n) is 3.09. The van der Waals surface area contributed by atoms with Crippen LogP contribution in [0.5, 0.6) is 0 Å². The van der Waals surface area contributed by atoms with Gasteiger partial charge in [0.25, 0.3) is 0 Å². The summed E-state index contributed by atoms with van der Waals surface area (Å²) >= 11 is 3.31. The number of esters is 1. The highest BCUT2D eigenvalue weighted by molar-refractivity contribution is 9.10. The van der Waals surface area contributed by atoms with Gasteiger partial charge in [-0.25, -0.2) is 9.18 Å². The molecule has 1 fully saturated rings. The summed E-state index contributed by atoms with van der Waals surface area (Å²) in [6, 6.07) is 2.80. The van der Waals surface area contributed by atoms with Crippen LogP contribution < -0.4 is 5.73 Å². The van der Waals surface area contributed by atoms with Crippen LogP contribution in [-0.2, 0) is 14.4 Å². The van der Waals surface area contributed by atoms with Crippen molar-refractivity contribution >= 4 is 33.3 Å². The summed E-state index contributed by atoms with van der Waals surface area (Å²) in [4.78, 5) is 17.6. The Kier molecular flexibility index (Phi) is 3.39. The summed E-state index contributed by atoms with van der Waals surface area (Å²) < 4.78 is 18.9. The van der Waals surface area contributed by atoms with E-state index in [-0.39, 0.29) is 11.6 Å². The average Bonchev–Trinajstić information content (AvgIpc) is 3.01. The van der Waals surface area contributed by atoms with Crippen molar-refractivity contribution in [2.45, 2.75) is 24.9 Å². The fourth-order valence-corrected chi connectivity index (χ4v) is 3.61. The van der Waals surface area contributed by atoms with E-state index in [1.807, 2.05) is 0 Å². The predicted octanol–water partition coefficient (Wildman–Crippen LogP) is 2.62. The van der Waals surface area contributed by atoms with E-state index in [0.717, 1.165) is 12.8 Å². The zero-order valence-electron chi connectivity index (χ0n) is 11.4. The van der Waals surface area contributed by atoms with Crippen molar-refractivity contribution in [3.8, 4) is 0 Å². The number of benzene rings is 1. The Morgan fingerprint density at radius 2 is 2.38 bits per heavy atom. The lowest BCUT2D eigenvalue weighted by molar-refractivity contribution is -0.168. The number of hydrogen-bond donors (Lipinski definition) is 1. The van der Waals surface area contributed by atoms with Gasteiger partial charge in [-0.15, -0.1) is 0 Å². The lowest BCUT2D eigenvalue weighted by Crippen LogP contribution is -2.43. The summed E-state index contributed by atoms with van der Waals surface area (Å²) in [7, 11) is 1.33. The third kappa shape index (κ3) is 2.02. The summed E-state index contributed by atoms with van der Waals surface area (Å²) in [6.45, 7) is 0. The monoisotopic (exact) mass is 356 g/mol. The molecule has 1 heterocycles. The van der Waals surface area contributed by atoms with Gasteiger partial charge in [0.1, 0.15) is 5.82 Å². The minimum absolute atomic E-state index is 0.0319. The first-order valence-electron chi connectivity index (χ1n) is 6.59. The van der Waals surface area contributed by atoms with Crippen LogP contribution in [0.2, 0.25) is 0 Å². The summed E-state index contributed by atoms with van der Waals surface area (Å²) in [6.07, 6.45) is 2.16. The van der Waals surface area contributed by atoms with Crippen LogP contribution in [0, 0.1) is 11.7 Å². The quantitative estimate of drug-likeness (QED) is 0.652. The molecule has 2 atom stereocenters. The molecule has 0 radical (unpaired) electrons. The molecule has 0 bridgehead atoms. The number of halogens is 2. The Labute approximate surface area is 129 Å². The molecule has 1 saturated carbocycles. The van der Waals surface area contributed by atoms with Crippen LogP contribution in [0.15, 0.2) is 21.8 Å². The van der Waals surface area contributed by atoms with Gasteiger partial charge in [0, 0.05) is 16.5 Å². The molecule has 0 aromatic heterocycles. The molecular weight excluding hydrogens is 343 g/mol. The van der Waals surface area contributed by atoms with Crippen LogP contribution in [0.25, 0.3) is 0 Å². The first-order valence-corrected chi connectivity index (χ1v) is 7.38. The molecule has 7 heteroatoms. The Hall–Kier alpha value is -1.63. The van der Waals surface area contributed by atoms with Gasteiger partial charge in [0.15, 0.2) is 0 Å². The van der Waals surface area contributed by atoms with E-state index < -0.39 is 17.4 Å². The minimum Gasteiger partial charge on any atom is -0.466 e. The van der Waals surface area contributed by atoms with Crippen molar-refractivity contribution in [2.24, 2.45) is 11.1 Å². The molecule has 0 saturated heterocycles. The van der Waals surface area contributed by atoms with Crippen molar-refractivity contribution in [1.29, 1.82) is 0 Å². The highest BCUT2D eigenvalue weighted by Gasteiger charge is 2.59. The maximum atomic E-state index is 13.5. The van der Waals surface area contributed by atoms with E-state index in [1.54, 1.807) is 0 Å². The van der Waals surface area contributed by atoms with Crippen LogP contribution >= 0.6 is 15.9 Å². The second-order valence-corrected chi connectivity index (χ2v) is 6.10. The zero-order valence-corrected chi connectivity index (χ0v) is 12.9. The van der Waals surface area contributed by atoms with Gasteiger partial charge in [-0.2, -0.15) is 0 Å². The van der Waals surface area contributed by atoms with Crippen LogP contribution in [-0.4, -0.2) is 24.4 Å². The van der Waals surface area contributed by atoms with E-state index in [1.165, 1.54) is 19.2 Å². The average molecular weight is 357 g/mol. The van der Waals surface area contributed by atoms with E-state index in [0.29, 0.717) is 22.2 Å². The third-order valence-electron chi connectivity index (χ3n) is 4.13. The second-order valence-electron chi connectivity index (χ2n) is 5.25. The molecule has 3 rings (SSSR count). The SMILES string of the molecule is COC(=O)C12CCCC1C(c1cc(N)c(F)cc1Br)=NO2. The van der Waals surface area contributed by atoms with Crippen LogP contribution in [0.1, 0.15) is 24.8 Å². The maximum absolute atomic E-state index is 13.5. The van der Waals surface area contributed by atoms with E-state index in [4.69, 9.17) is 15.3 Å². The second kappa shape index (κ2) is 4.98. The van der Waals surface area contributed by atoms with Crippen molar-refractivity contribution in [3.63, 3.8) is 0 Å². The highest BCUT2D eigenvalue weighted by atomic mass is 79.9. The first kappa shape index (κ1) is 14.3. The molecule has 21 heavy (non-hydrogen) atoms. The third-order valence-corrected chi connectivity index (χ3v) is 4.79.